The fourth-order valence-electron chi connectivity index (χ4n) is 2.88. The zero-order chi connectivity index (χ0) is 16.7. The van der Waals surface area contributed by atoms with Gasteiger partial charge in [0.2, 0.25) is 0 Å². The van der Waals surface area contributed by atoms with Crippen LogP contribution in [0.1, 0.15) is 25.8 Å². The van der Waals surface area contributed by atoms with Gasteiger partial charge in [0.05, 0.1) is 6.61 Å². The van der Waals surface area contributed by atoms with Crippen LogP contribution in [0.4, 0.5) is 10.6 Å². The van der Waals surface area contributed by atoms with E-state index in [1.165, 1.54) is 0 Å². The van der Waals surface area contributed by atoms with E-state index in [1.807, 2.05) is 30.9 Å². The second-order valence-corrected chi connectivity index (χ2v) is 5.89. The number of hydrogen-bond donors (Lipinski definition) is 1. The SMILES string of the molecule is CCOCCN1CCN(C(=O)Nc2cc(C)ccn2)C[C@@H]1CC. The Morgan fingerprint density at radius 2 is 2.26 bits per heavy atom. The number of rotatable bonds is 6. The summed E-state index contributed by atoms with van der Waals surface area (Å²) in [5.41, 5.74) is 1.09. The summed E-state index contributed by atoms with van der Waals surface area (Å²) in [4.78, 5) is 20.9. The van der Waals surface area contributed by atoms with Crippen LogP contribution in [0.15, 0.2) is 18.3 Å². The molecule has 1 N–H and O–H groups in total. The largest absolute Gasteiger partial charge is 0.380 e. The topological polar surface area (TPSA) is 57.7 Å². The number of nitrogens with one attached hydrogen (secondary N) is 1. The summed E-state index contributed by atoms with van der Waals surface area (Å²) in [7, 11) is 0. The number of piperazine rings is 1. The van der Waals surface area contributed by atoms with E-state index in [4.69, 9.17) is 4.74 Å². The van der Waals surface area contributed by atoms with Gasteiger partial charge in [0.15, 0.2) is 0 Å². The number of nitrogens with zero attached hydrogens (tertiary/aromatic N) is 3. The summed E-state index contributed by atoms with van der Waals surface area (Å²) in [6, 6.07) is 4.12. The number of carbonyl (C=O) groups is 1. The minimum atomic E-state index is -0.0639. The molecule has 0 unspecified atom stereocenters. The van der Waals surface area contributed by atoms with E-state index in [0.717, 1.165) is 51.4 Å². The lowest BCUT2D eigenvalue weighted by Crippen LogP contribution is -2.56. The maximum Gasteiger partial charge on any atom is 0.323 e. The highest BCUT2D eigenvalue weighted by Crippen LogP contribution is 2.14. The monoisotopic (exact) mass is 320 g/mol. The molecule has 0 radical (unpaired) electrons. The highest BCUT2D eigenvalue weighted by atomic mass is 16.5. The van der Waals surface area contributed by atoms with Gasteiger partial charge in [-0.1, -0.05) is 6.92 Å². The fourth-order valence-corrected chi connectivity index (χ4v) is 2.88. The number of amides is 2. The minimum Gasteiger partial charge on any atom is -0.380 e. The lowest BCUT2D eigenvalue weighted by atomic mass is 10.1. The van der Waals surface area contributed by atoms with Crippen LogP contribution < -0.4 is 5.32 Å². The third-order valence-corrected chi connectivity index (χ3v) is 4.24. The molecule has 23 heavy (non-hydrogen) atoms. The van der Waals surface area contributed by atoms with E-state index in [-0.39, 0.29) is 6.03 Å². The summed E-state index contributed by atoms with van der Waals surface area (Å²) < 4.78 is 5.45. The van der Waals surface area contributed by atoms with Crippen LogP contribution in [-0.4, -0.2) is 66.2 Å². The van der Waals surface area contributed by atoms with Gasteiger partial charge in [-0.25, -0.2) is 9.78 Å². The Morgan fingerprint density at radius 3 is 2.96 bits per heavy atom. The highest BCUT2D eigenvalue weighted by Gasteiger charge is 2.28. The molecule has 0 aromatic carbocycles. The first-order valence-corrected chi connectivity index (χ1v) is 8.44. The van der Waals surface area contributed by atoms with Gasteiger partial charge >= 0.3 is 6.03 Å². The number of pyridine rings is 1. The third-order valence-electron chi connectivity index (χ3n) is 4.24. The molecule has 6 nitrogen and oxygen atoms in total. The molecule has 0 aliphatic carbocycles. The van der Waals surface area contributed by atoms with Gasteiger partial charge in [-0.3, -0.25) is 10.2 Å². The Kier molecular flexibility index (Phi) is 6.80. The van der Waals surface area contributed by atoms with Crippen LogP contribution >= 0.6 is 0 Å². The number of ether oxygens (including phenoxy) is 1. The van der Waals surface area contributed by atoms with E-state index in [0.29, 0.717) is 11.9 Å². The van der Waals surface area contributed by atoms with Crippen LogP contribution in [-0.2, 0) is 4.74 Å². The van der Waals surface area contributed by atoms with Gasteiger partial charge in [0.25, 0.3) is 0 Å². The van der Waals surface area contributed by atoms with E-state index in [9.17, 15) is 4.79 Å². The van der Waals surface area contributed by atoms with Crippen molar-refractivity contribution < 1.29 is 9.53 Å². The molecule has 2 amide bonds. The summed E-state index contributed by atoms with van der Waals surface area (Å²) in [5, 5.41) is 2.90. The molecule has 0 bridgehead atoms. The molecule has 1 aliphatic heterocycles. The van der Waals surface area contributed by atoms with Gasteiger partial charge in [-0.05, 0) is 38.0 Å². The standard InChI is InChI=1S/C17H28N4O2/c1-4-15-13-21(9-8-20(15)10-11-23-5-2)17(22)19-16-12-14(3)6-7-18-16/h6-7,12,15H,4-5,8-11,13H2,1-3H3,(H,18,19,22)/t15-/m0/s1. The van der Waals surface area contributed by atoms with Crippen molar-refractivity contribution >= 4 is 11.8 Å². The number of urea groups is 1. The van der Waals surface area contributed by atoms with Crippen molar-refractivity contribution in [3.8, 4) is 0 Å². The lowest BCUT2D eigenvalue weighted by molar-refractivity contribution is 0.0545. The Balaban J connectivity index is 1.88. The number of aromatic nitrogens is 1. The number of hydrogen-bond acceptors (Lipinski definition) is 4. The molecule has 0 saturated carbocycles. The molecule has 1 fully saturated rings. The Hall–Kier alpha value is -1.66. The second-order valence-electron chi connectivity index (χ2n) is 5.89. The first kappa shape index (κ1) is 17.7. The van der Waals surface area contributed by atoms with E-state index in [1.54, 1.807) is 6.20 Å². The molecule has 1 atom stereocenters. The lowest BCUT2D eigenvalue weighted by Gasteiger charge is -2.41. The zero-order valence-corrected chi connectivity index (χ0v) is 14.4. The summed E-state index contributed by atoms with van der Waals surface area (Å²) in [6.45, 7) is 11.0. The molecule has 1 aromatic heterocycles. The molecule has 0 spiro atoms. The smallest absolute Gasteiger partial charge is 0.323 e. The number of carbonyl (C=O) groups excluding carboxylic acids is 1. The third kappa shape index (κ3) is 5.18. The van der Waals surface area contributed by atoms with Crippen molar-refractivity contribution in [3.63, 3.8) is 0 Å². The van der Waals surface area contributed by atoms with Crippen molar-refractivity contribution in [2.75, 3.05) is 44.7 Å². The van der Waals surface area contributed by atoms with Crippen LogP contribution in [0.3, 0.4) is 0 Å². The normalized spacial score (nSPS) is 18.9. The van der Waals surface area contributed by atoms with Crippen LogP contribution in [0, 0.1) is 6.92 Å². The maximum absolute atomic E-state index is 12.4. The van der Waals surface area contributed by atoms with E-state index < -0.39 is 0 Å². The molecule has 1 aliphatic rings. The van der Waals surface area contributed by atoms with Crippen molar-refractivity contribution in [2.24, 2.45) is 0 Å². The summed E-state index contributed by atoms with van der Waals surface area (Å²) in [6.07, 6.45) is 2.74. The van der Waals surface area contributed by atoms with Gasteiger partial charge in [0, 0.05) is 45.0 Å². The van der Waals surface area contributed by atoms with Crippen molar-refractivity contribution in [1.29, 1.82) is 0 Å². The van der Waals surface area contributed by atoms with Crippen molar-refractivity contribution in [1.82, 2.24) is 14.8 Å². The average Bonchev–Trinajstić information content (AvgIpc) is 2.55. The predicted molar refractivity (Wildman–Crippen MR) is 91.7 cm³/mol. The quantitative estimate of drug-likeness (QED) is 0.818. The van der Waals surface area contributed by atoms with Gasteiger partial charge < -0.3 is 9.64 Å². The van der Waals surface area contributed by atoms with Gasteiger partial charge in [-0.2, -0.15) is 0 Å². The van der Waals surface area contributed by atoms with Crippen LogP contribution in [0.2, 0.25) is 0 Å². The molecule has 1 aromatic rings. The Bertz CT molecular complexity index is 509. The zero-order valence-electron chi connectivity index (χ0n) is 14.4. The number of aryl methyl sites for hydroxylation is 1. The predicted octanol–water partition coefficient (Wildman–Crippen LogP) is 2.35. The van der Waals surface area contributed by atoms with Crippen molar-refractivity contribution in [3.05, 3.63) is 23.9 Å². The average molecular weight is 320 g/mol. The molecular weight excluding hydrogens is 292 g/mol. The first-order chi connectivity index (χ1) is 11.1. The maximum atomic E-state index is 12.4. The summed E-state index contributed by atoms with van der Waals surface area (Å²) >= 11 is 0. The van der Waals surface area contributed by atoms with Gasteiger partial charge in [0.1, 0.15) is 5.82 Å². The van der Waals surface area contributed by atoms with E-state index in [2.05, 4.69) is 22.1 Å². The molecule has 2 heterocycles. The summed E-state index contributed by atoms with van der Waals surface area (Å²) in [5.74, 6) is 0.613. The van der Waals surface area contributed by atoms with Crippen LogP contribution in [0.5, 0.6) is 0 Å². The van der Waals surface area contributed by atoms with Gasteiger partial charge in [-0.15, -0.1) is 0 Å². The van der Waals surface area contributed by atoms with Crippen molar-refractivity contribution in [2.45, 2.75) is 33.2 Å². The Morgan fingerprint density at radius 1 is 1.43 bits per heavy atom. The second kappa shape index (κ2) is 8.84. The molecule has 1 saturated heterocycles. The first-order valence-electron chi connectivity index (χ1n) is 8.44. The molecule has 6 heteroatoms. The fraction of sp³-hybridized carbons (Fsp3) is 0.647. The number of anilines is 1. The Labute approximate surface area is 138 Å². The minimum absolute atomic E-state index is 0.0639. The highest BCUT2D eigenvalue weighted by molar-refractivity contribution is 5.88. The van der Waals surface area contributed by atoms with Crippen LogP contribution in [0.25, 0.3) is 0 Å². The van der Waals surface area contributed by atoms with E-state index >= 15 is 0 Å². The molecular formula is C17H28N4O2. The molecule has 2 rings (SSSR count). The molecule has 128 valence electrons.